The number of guanidine groups is 1. The van der Waals surface area contributed by atoms with Gasteiger partial charge in [-0.1, -0.05) is 6.92 Å². The molecule has 6 heteroatoms. The normalized spacial score (nSPS) is 17.4. The summed E-state index contributed by atoms with van der Waals surface area (Å²) in [6.45, 7) is 9.80. The predicted octanol–water partition coefficient (Wildman–Crippen LogP) is 3.32. The van der Waals surface area contributed by atoms with Crippen LogP contribution in [0.5, 0.6) is 0 Å². The molecule has 4 nitrogen and oxygen atoms in total. The van der Waals surface area contributed by atoms with Crippen molar-refractivity contribution in [3.8, 4) is 0 Å². The molecule has 1 aromatic heterocycles. The summed E-state index contributed by atoms with van der Waals surface area (Å²) >= 11 is 4.24. The summed E-state index contributed by atoms with van der Waals surface area (Å²) in [5.74, 6) is 0.979. The van der Waals surface area contributed by atoms with Crippen LogP contribution >= 0.6 is 33.9 Å². The molecule has 2 N–H and O–H groups in total. The average Bonchev–Trinajstić information content (AvgIpc) is 2.95. The third-order valence-corrected chi connectivity index (χ3v) is 6.02. The standard InChI is InChI=1S/C17H29IN4S/c1-3-11-22-12-8-14(9-13-22)21-17(19-4-2)20-10-7-15-5-6-16(18)23-15/h5-6,14H,3-4,7-13H2,1-2H3,(H2,19,20,21). The van der Waals surface area contributed by atoms with Crippen LogP contribution < -0.4 is 10.6 Å². The number of nitrogens with one attached hydrogen (secondary N) is 2. The first-order valence-corrected chi connectivity index (χ1v) is 10.6. The van der Waals surface area contributed by atoms with E-state index in [2.05, 4.69) is 64.1 Å². The van der Waals surface area contributed by atoms with Crippen LogP contribution in [-0.4, -0.2) is 49.6 Å². The second kappa shape index (κ2) is 10.5. The molecule has 1 aliphatic heterocycles. The second-order valence-corrected chi connectivity index (χ2v) is 9.04. The second-order valence-electron chi connectivity index (χ2n) is 5.98. The molecule has 0 unspecified atom stereocenters. The van der Waals surface area contributed by atoms with Gasteiger partial charge in [0.2, 0.25) is 0 Å². The lowest BCUT2D eigenvalue weighted by molar-refractivity contribution is 0.206. The zero-order valence-electron chi connectivity index (χ0n) is 14.3. The number of nitrogens with zero attached hydrogens (tertiary/aromatic N) is 2. The Morgan fingerprint density at radius 2 is 2.13 bits per heavy atom. The van der Waals surface area contributed by atoms with Crippen molar-refractivity contribution < 1.29 is 0 Å². The average molecular weight is 448 g/mol. The molecule has 1 fully saturated rings. The van der Waals surface area contributed by atoms with Crippen molar-refractivity contribution in [1.82, 2.24) is 15.5 Å². The molecule has 0 bridgehead atoms. The van der Waals surface area contributed by atoms with E-state index in [0.29, 0.717) is 6.04 Å². The zero-order valence-corrected chi connectivity index (χ0v) is 17.3. The van der Waals surface area contributed by atoms with E-state index in [1.54, 1.807) is 0 Å². The van der Waals surface area contributed by atoms with Crippen molar-refractivity contribution in [2.75, 3.05) is 32.7 Å². The van der Waals surface area contributed by atoms with Gasteiger partial charge in [0.1, 0.15) is 0 Å². The fourth-order valence-corrected chi connectivity index (χ4v) is 4.64. The van der Waals surface area contributed by atoms with Crippen LogP contribution in [0.1, 0.15) is 38.0 Å². The molecule has 1 aliphatic rings. The third kappa shape index (κ3) is 6.97. The quantitative estimate of drug-likeness (QED) is 0.382. The maximum Gasteiger partial charge on any atom is 0.191 e. The molecule has 1 saturated heterocycles. The van der Waals surface area contributed by atoms with Gasteiger partial charge >= 0.3 is 0 Å². The highest BCUT2D eigenvalue weighted by Crippen LogP contribution is 2.18. The lowest BCUT2D eigenvalue weighted by atomic mass is 10.1. The number of halogens is 1. The first-order valence-electron chi connectivity index (χ1n) is 8.72. The van der Waals surface area contributed by atoms with E-state index >= 15 is 0 Å². The molecule has 0 saturated carbocycles. The van der Waals surface area contributed by atoms with Crippen LogP contribution in [0.2, 0.25) is 0 Å². The van der Waals surface area contributed by atoms with E-state index in [-0.39, 0.29) is 0 Å². The van der Waals surface area contributed by atoms with Crippen LogP contribution in [0.25, 0.3) is 0 Å². The van der Waals surface area contributed by atoms with Crippen LogP contribution in [0.3, 0.4) is 0 Å². The monoisotopic (exact) mass is 448 g/mol. The Kier molecular flexibility index (Phi) is 8.68. The predicted molar refractivity (Wildman–Crippen MR) is 110 cm³/mol. The molecular formula is C17H29IN4S. The summed E-state index contributed by atoms with van der Waals surface area (Å²) in [4.78, 5) is 8.74. The minimum absolute atomic E-state index is 0.559. The highest BCUT2D eigenvalue weighted by Gasteiger charge is 2.19. The molecule has 0 aliphatic carbocycles. The minimum atomic E-state index is 0.559. The first-order chi connectivity index (χ1) is 11.2. The van der Waals surface area contributed by atoms with E-state index in [4.69, 9.17) is 4.99 Å². The van der Waals surface area contributed by atoms with E-state index < -0.39 is 0 Å². The number of piperidine rings is 1. The van der Waals surface area contributed by atoms with Gasteiger partial charge in [0, 0.05) is 43.5 Å². The van der Waals surface area contributed by atoms with Gasteiger partial charge in [0.25, 0.3) is 0 Å². The van der Waals surface area contributed by atoms with Gasteiger partial charge in [0.05, 0.1) is 2.88 Å². The molecule has 0 atom stereocenters. The van der Waals surface area contributed by atoms with Gasteiger partial charge < -0.3 is 15.5 Å². The fraction of sp³-hybridized carbons (Fsp3) is 0.706. The lowest BCUT2D eigenvalue weighted by Gasteiger charge is -2.32. The van der Waals surface area contributed by atoms with E-state index in [0.717, 1.165) is 25.5 Å². The van der Waals surface area contributed by atoms with Gasteiger partial charge in [-0.25, -0.2) is 0 Å². The Bertz CT molecular complexity index is 481. The molecule has 2 heterocycles. The van der Waals surface area contributed by atoms with Crippen molar-refractivity contribution in [3.05, 3.63) is 19.9 Å². The van der Waals surface area contributed by atoms with Crippen molar-refractivity contribution in [2.24, 2.45) is 4.99 Å². The van der Waals surface area contributed by atoms with Gasteiger partial charge in [0.15, 0.2) is 5.96 Å². The number of thiophene rings is 1. The van der Waals surface area contributed by atoms with Gasteiger partial charge in [-0.05, 0) is 67.5 Å². The van der Waals surface area contributed by atoms with Gasteiger partial charge in [-0.15, -0.1) is 11.3 Å². The summed E-state index contributed by atoms with van der Waals surface area (Å²) in [5, 5.41) is 7.01. The van der Waals surface area contributed by atoms with Crippen LogP contribution in [0.15, 0.2) is 17.1 Å². The van der Waals surface area contributed by atoms with Crippen LogP contribution in [-0.2, 0) is 6.42 Å². The number of hydrogen-bond donors (Lipinski definition) is 2. The van der Waals surface area contributed by atoms with E-state index in [1.165, 1.54) is 46.7 Å². The minimum Gasteiger partial charge on any atom is -0.357 e. The number of rotatable bonds is 7. The zero-order chi connectivity index (χ0) is 16.5. The summed E-state index contributed by atoms with van der Waals surface area (Å²) in [6, 6.07) is 4.95. The maximum atomic E-state index is 4.75. The Hall–Kier alpha value is -0.340. The highest BCUT2D eigenvalue weighted by atomic mass is 127. The molecule has 0 radical (unpaired) electrons. The summed E-state index contributed by atoms with van der Waals surface area (Å²) in [5.41, 5.74) is 0. The van der Waals surface area contributed by atoms with E-state index in [1.807, 2.05) is 11.3 Å². The smallest absolute Gasteiger partial charge is 0.191 e. The molecule has 0 spiro atoms. The molecule has 2 rings (SSSR count). The third-order valence-electron chi connectivity index (χ3n) is 4.07. The molecule has 0 amide bonds. The summed E-state index contributed by atoms with van der Waals surface area (Å²) < 4.78 is 1.35. The Morgan fingerprint density at radius 3 is 2.74 bits per heavy atom. The van der Waals surface area contributed by atoms with Crippen LogP contribution in [0.4, 0.5) is 0 Å². The summed E-state index contributed by atoms with van der Waals surface area (Å²) in [7, 11) is 0. The van der Waals surface area contributed by atoms with Crippen molar-refractivity contribution >= 4 is 39.9 Å². The van der Waals surface area contributed by atoms with E-state index in [9.17, 15) is 0 Å². The van der Waals surface area contributed by atoms with Crippen molar-refractivity contribution in [2.45, 2.75) is 45.6 Å². The van der Waals surface area contributed by atoms with Crippen molar-refractivity contribution in [3.63, 3.8) is 0 Å². The number of likely N-dealkylation sites (tertiary alicyclic amines) is 1. The molecule has 130 valence electrons. The Balaban J connectivity index is 1.77. The van der Waals surface area contributed by atoms with Gasteiger partial charge in [-0.2, -0.15) is 0 Å². The Morgan fingerprint density at radius 1 is 1.35 bits per heavy atom. The Labute approximate surface area is 158 Å². The molecule has 1 aromatic rings. The SMILES string of the molecule is CCCN1CCC(NC(=NCCc2ccc(I)s2)NCC)CC1. The molecular weight excluding hydrogens is 419 g/mol. The molecule has 23 heavy (non-hydrogen) atoms. The topological polar surface area (TPSA) is 39.7 Å². The van der Waals surface area contributed by atoms with Crippen LogP contribution in [0, 0.1) is 2.88 Å². The number of aliphatic imine (C=N–C) groups is 1. The highest BCUT2D eigenvalue weighted by molar-refractivity contribution is 14.1. The van der Waals surface area contributed by atoms with Gasteiger partial charge in [-0.3, -0.25) is 4.99 Å². The summed E-state index contributed by atoms with van der Waals surface area (Å²) in [6.07, 6.45) is 4.71. The largest absolute Gasteiger partial charge is 0.357 e. The lowest BCUT2D eigenvalue weighted by Crippen LogP contribution is -2.48. The fourth-order valence-electron chi connectivity index (χ4n) is 2.89. The van der Waals surface area contributed by atoms with Crippen molar-refractivity contribution in [1.29, 1.82) is 0 Å². The number of hydrogen-bond acceptors (Lipinski definition) is 3. The molecule has 0 aromatic carbocycles. The maximum absolute atomic E-state index is 4.75. The first kappa shape index (κ1) is 19.0.